The van der Waals surface area contributed by atoms with Crippen molar-refractivity contribution in [2.75, 3.05) is 48.0 Å². The van der Waals surface area contributed by atoms with Crippen LogP contribution in [0, 0.1) is 11.8 Å². The summed E-state index contributed by atoms with van der Waals surface area (Å²) < 4.78 is 40.5. The van der Waals surface area contributed by atoms with Crippen molar-refractivity contribution in [1.82, 2.24) is 5.32 Å². The third kappa shape index (κ3) is 8.93. The van der Waals surface area contributed by atoms with Crippen LogP contribution in [0.15, 0.2) is 70.8 Å². The Morgan fingerprint density at radius 2 is 1.55 bits per heavy atom. The average Bonchev–Trinajstić information content (AvgIpc) is 3.68. The number of aliphatic imine (C=N–C) groups is 1. The first-order valence-corrected chi connectivity index (χ1v) is 18.0. The molecule has 5 unspecified atom stereocenters. The minimum Gasteiger partial charge on any atom is -0.493 e. The third-order valence-electron chi connectivity index (χ3n) is 9.36. The lowest BCUT2D eigenvalue weighted by molar-refractivity contribution is -0.124. The summed E-state index contributed by atoms with van der Waals surface area (Å²) in [4.78, 5) is 23.5. The number of rotatable bonds is 17. The first kappa shape index (κ1) is 39.1. The van der Waals surface area contributed by atoms with E-state index < -0.39 is 6.17 Å². The quantitative estimate of drug-likeness (QED) is 0.140. The van der Waals surface area contributed by atoms with Crippen LogP contribution in [0.2, 0.25) is 0 Å². The minimum absolute atomic E-state index is 0.0335. The molecule has 1 N–H and O–H groups in total. The number of ether oxygens (including phenoxy) is 7. The van der Waals surface area contributed by atoms with Crippen molar-refractivity contribution in [2.45, 2.75) is 52.0 Å². The SMILES string of the molecule is CCC1C(=O)NC(c2ccc(OCC(C)C(C)Oc3cc(C4=NOC(c5cc(OC)c(OC)c(OC)c5)C4)ccc3OC)c(OC)c2)N=C1/C=C\CCl. The molecule has 0 fully saturated rings. The smallest absolute Gasteiger partial charge is 0.231 e. The molecule has 284 valence electrons. The molecule has 0 aromatic heterocycles. The number of oxime groups is 1. The van der Waals surface area contributed by atoms with Crippen LogP contribution in [-0.4, -0.2) is 71.5 Å². The summed E-state index contributed by atoms with van der Waals surface area (Å²) in [6.07, 6.45) is 3.63. The highest BCUT2D eigenvalue weighted by atomic mass is 35.5. The molecule has 1 amide bonds. The van der Waals surface area contributed by atoms with Crippen molar-refractivity contribution < 1.29 is 42.8 Å². The van der Waals surface area contributed by atoms with Gasteiger partial charge in [-0.2, -0.15) is 0 Å². The number of nitrogens with zero attached hydrogens (tertiary/aromatic N) is 2. The monoisotopic (exact) mass is 749 g/mol. The van der Waals surface area contributed by atoms with Gasteiger partial charge in [-0.05, 0) is 61.9 Å². The van der Waals surface area contributed by atoms with Crippen LogP contribution in [0.4, 0.5) is 0 Å². The summed E-state index contributed by atoms with van der Waals surface area (Å²) in [6.45, 7) is 6.34. The van der Waals surface area contributed by atoms with Crippen molar-refractivity contribution in [1.29, 1.82) is 0 Å². The average molecular weight is 750 g/mol. The summed E-state index contributed by atoms with van der Waals surface area (Å²) in [5, 5.41) is 7.42. The molecule has 0 saturated carbocycles. The summed E-state index contributed by atoms with van der Waals surface area (Å²) >= 11 is 5.85. The Morgan fingerprint density at radius 3 is 2.19 bits per heavy atom. The van der Waals surface area contributed by atoms with Gasteiger partial charge in [-0.25, -0.2) is 0 Å². The summed E-state index contributed by atoms with van der Waals surface area (Å²) in [6, 6.07) is 15.0. The van der Waals surface area contributed by atoms with Gasteiger partial charge in [0.1, 0.15) is 12.3 Å². The van der Waals surface area contributed by atoms with Crippen molar-refractivity contribution in [3.8, 4) is 40.2 Å². The molecule has 0 radical (unpaired) electrons. The second-order valence-electron chi connectivity index (χ2n) is 12.7. The molecular formula is C40H48ClN3O9. The van der Waals surface area contributed by atoms with E-state index in [-0.39, 0.29) is 30.0 Å². The van der Waals surface area contributed by atoms with Gasteiger partial charge < -0.3 is 43.3 Å². The summed E-state index contributed by atoms with van der Waals surface area (Å²) in [5.41, 5.74) is 3.94. The maximum atomic E-state index is 12.9. The van der Waals surface area contributed by atoms with Gasteiger partial charge in [0.05, 0.1) is 53.8 Å². The standard InChI is InChI=1S/C40H48ClN3O9/c1-9-28-29(11-10-16-41)42-39(43-40(28)45)26-13-15-32(34(18-26)47-5)51-22-23(2)24(3)52-35-17-25(12-14-31(35)46-4)30-21-33(53-44-30)27-19-36(48-6)38(50-8)37(20-27)49-7/h10-15,17-20,23-24,28,33,39H,9,16,21-22H2,1-8H3,(H,43,45)/b11-10-. The molecule has 5 rings (SSSR count). The fourth-order valence-electron chi connectivity index (χ4n) is 6.13. The number of nitrogens with one attached hydrogen (secondary N) is 1. The van der Waals surface area contributed by atoms with E-state index in [9.17, 15) is 4.79 Å². The fraction of sp³-hybridized carbons (Fsp3) is 0.425. The van der Waals surface area contributed by atoms with Crippen LogP contribution in [0.1, 0.15) is 62.6 Å². The molecular weight excluding hydrogens is 702 g/mol. The zero-order valence-corrected chi connectivity index (χ0v) is 32.2. The van der Waals surface area contributed by atoms with Crippen LogP contribution >= 0.6 is 11.6 Å². The molecule has 13 heteroatoms. The highest BCUT2D eigenvalue weighted by Gasteiger charge is 2.31. The van der Waals surface area contributed by atoms with E-state index in [0.29, 0.717) is 71.3 Å². The lowest BCUT2D eigenvalue weighted by atomic mass is 9.95. The summed E-state index contributed by atoms with van der Waals surface area (Å²) in [7, 11) is 7.91. The van der Waals surface area contributed by atoms with Gasteiger partial charge in [0.15, 0.2) is 40.6 Å². The van der Waals surface area contributed by atoms with Gasteiger partial charge in [0.2, 0.25) is 11.7 Å². The molecule has 0 aliphatic carbocycles. The lowest BCUT2D eigenvalue weighted by Crippen LogP contribution is -2.41. The van der Waals surface area contributed by atoms with Gasteiger partial charge in [0, 0.05) is 40.6 Å². The van der Waals surface area contributed by atoms with Crippen molar-refractivity contribution in [3.05, 3.63) is 77.4 Å². The van der Waals surface area contributed by atoms with E-state index in [4.69, 9.17) is 54.6 Å². The Balaban J connectivity index is 1.24. The van der Waals surface area contributed by atoms with E-state index in [2.05, 4.69) is 10.5 Å². The Labute approximate surface area is 316 Å². The number of hydrogen-bond donors (Lipinski definition) is 1. The molecule has 0 bridgehead atoms. The maximum absolute atomic E-state index is 12.9. The van der Waals surface area contributed by atoms with Gasteiger partial charge in [-0.3, -0.25) is 9.79 Å². The summed E-state index contributed by atoms with van der Waals surface area (Å²) in [5.74, 6) is 3.78. The van der Waals surface area contributed by atoms with Crippen molar-refractivity contribution >= 4 is 28.9 Å². The first-order chi connectivity index (χ1) is 25.7. The van der Waals surface area contributed by atoms with Crippen molar-refractivity contribution in [3.63, 3.8) is 0 Å². The molecule has 3 aromatic rings. The Morgan fingerprint density at radius 1 is 0.868 bits per heavy atom. The number of carbonyl (C=O) groups excluding carboxylic acids is 1. The Bertz CT molecular complexity index is 1820. The molecule has 0 spiro atoms. The molecule has 2 aliphatic rings. The van der Waals surface area contributed by atoms with E-state index in [1.165, 1.54) is 0 Å². The highest BCUT2D eigenvalue weighted by molar-refractivity contribution is 6.19. The Hall–Kier alpha value is -5.10. The predicted octanol–water partition coefficient (Wildman–Crippen LogP) is 7.47. The second kappa shape index (κ2) is 18.1. The highest BCUT2D eigenvalue weighted by Crippen LogP contribution is 2.43. The van der Waals surface area contributed by atoms with Gasteiger partial charge in [-0.1, -0.05) is 31.1 Å². The topological polar surface area (TPSA) is 128 Å². The van der Waals surface area contributed by atoms with E-state index in [1.807, 2.05) is 75.4 Å². The molecule has 3 aromatic carbocycles. The lowest BCUT2D eigenvalue weighted by Gasteiger charge is -2.27. The third-order valence-corrected chi connectivity index (χ3v) is 9.54. The minimum atomic E-state index is -0.552. The number of hydrogen-bond acceptors (Lipinski definition) is 11. The number of benzene rings is 3. The number of amides is 1. The number of allylic oxidation sites excluding steroid dienone is 2. The molecule has 53 heavy (non-hydrogen) atoms. The zero-order valence-electron chi connectivity index (χ0n) is 31.4. The van der Waals surface area contributed by atoms with Crippen LogP contribution in [0.3, 0.4) is 0 Å². The normalized spacial score (nSPS) is 19.3. The van der Waals surface area contributed by atoms with Crippen LogP contribution < -0.4 is 38.5 Å². The predicted molar refractivity (Wildman–Crippen MR) is 204 cm³/mol. The van der Waals surface area contributed by atoms with Crippen LogP contribution in [0.25, 0.3) is 0 Å². The zero-order chi connectivity index (χ0) is 38.1. The van der Waals surface area contributed by atoms with Crippen LogP contribution in [-0.2, 0) is 9.63 Å². The maximum Gasteiger partial charge on any atom is 0.231 e. The molecule has 2 aliphatic heterocycles. The van der Waals surface area contributed by atoms with Crippen LogP contribution in [0.5, 0.6) is 40.2 Å². The van der Waals surface area contributed by atoms with Gasteiger partial charge in [-0.15, -0.1) is 11.6 Å². The second-order valence-corrected chi connectivity index (χ2v) is 13.0. The number of halogens is 1. The fourth-order valence-corrected chi connectivity index (χ4v) is 6.22. The number of alkyl halides is 1. The van der Waals surface area contributed by atoms with Gasteiger partial charge >= 0.3 is 0 Å². The molecule has 12 nitrogen and oxygen atoms in total. The van der Waals surface area contributed by atoms with E-state index in [1.54, 1.807) is 41.6 Å². The Kier molecular flexibility index (Phi) is 13.4. The molecule has 0 saturated heterocycles. The molecule has 5 atom stereocenters. The largest absolute Gasteiger partial charge is 0.493 e. The molecule has 2 heterocycles. The van der Waals surface area contributed by atoms with Gasteiger partial charge in [0.25, 0.3) is 0 Å². The van der Waals surface area contributed by atoms with Crippen molar-refractivity contribution in [2.24, 2.45) is 22.0 Å². The number of methoxy groups -OCH3 is 5. The first-order valence-electron chi connectivity index (χ1n) is 17.5. The van der Waals surface area contributed by atoms with E-state index in [0.717, 1.165) is 22.4 Å². The van der Waals surface area contributed by atoms with E-state index >= 15 is 0 Å². The number of carbonyl (C=O) groups is 1.